The number of carbonyl (C=O) groups excluding carboxylic acids is 1. The minimum atomic E-state index is 0.0147. The van der Waals surface area contributed by atoms with Crippen LogP contribution in [-0.2, 0) is 4.79 Å². The first-order chi connectivity index (χ1) is 10.3. The normalized spacial score (nSPS) is 26.4. The van der Waals surface area contributed by atoms with Crippen LogP contribution in [0.25, 0.3) is 0 Å². The number of nitriles is 1. The quantitative estimate of drug-likeness (QED) is 0.656. The zero-order chi connectivity index (χ0) is 14.7. The molecular formula is C17H17N3O. The fourth-order valence-corrected chi connectivity index (χ4v) is 2.76. The summed E-state index contributed by atoms with van der Waals surface area (Å²) in [7, 11) is 0. The standard InChI is InChI=1S/C17H17N3O/c18-11-19-16-9-14(10-16)17(21)20-15-7-6-13(8-15)12-4-2-1-3-5-12/h1-8,13-14,16,19H,9-10H2,(H,20,21). The van der Waals surface area contributed by atoms with E-state index < -0.39 is 0 Å². The van der Waals surface area contributed by atoms with Gasteiger partial charge in [0, 0.05) is 23.6 Å². The van der Waals surface area contributed by atoms with Gasteiger partial charge in [0.15, 0.2) is 6.19 Å². The molecule has 2 N–H and O–H groups in total. The molecule has 2 aliphatic rings. The highest BCUT2D eigenvalue weighted by Crippen LogP contribution is 2.29. The second-order valence-electron chi connectivity index (χ2n) is 5.53. The van der Waals surface area contributed by atoms with Gasteiger partial charge in [0.2, 0.25) is 5.91 Å². The largest absolute Gasteiger partial charge is 0.326 e. The van der Waals surface area contributed by atoms with Gasteiger partial charge in [-0.05, 0) is 30.6 Å². The van der Waals surface area contributed by atoms with E-state index in [4.69, 9.17) is 5.26 Å². The number of nitrogens with zero attached hydrogens (tertiary/aromatic N) is 1. The fraction of sp³-hybridized carbons (Fsp3) is 0.294. The molecule has 21 heavy (non-hydrogen) atoms. The van der Waals surface area contributed by atoms with Gasteiger partial charge in [-0.3, -0.25) is 4.79 Å². The van der Waals surface area contributed by atoms with E-state index in [-0.39, 0.29) is 23.8 Å². The van der Waals surface area contributed by atoms with Crippen molar-refractivity contribution in [2.24, 2.45) is 5.92 Å². The molecule has 1 amide bonds. The van der Waals surface area contributed by atoms with Crippen LogP contribution >= 0.6 is 0 Å². The van der Waals surface area contributed by atoms with Crippen LogP contribution in [0.5, 0.6) is 0 Å². The van der Waals surface area contributed by atoms with Gasteiger partial charge in [-0.2, -0.15) is 5.26 Å². The Kier molecular flexibility index (Phi) is 3.74. The molecule has 1 fully saturated rings. The summed E-state index contributed by atoms with van der Waals surface area (Å²) in [6, 6.07) is 10.4. The van der Waals surface area contributed by atoms with Crippen LogP contribution in [0.15, 0.2) is 54.3 Å². The Balaban J connectivity index is 1.54. The molecule has 1 aromatic carbocycles. The van der Waals surface area contributed by atoms with Gasteiger partial charge in [-0.1, -0.05) is 36.4 Å². The van der Waals surface area contributed by atoms with E-state index in [1.54, 1.807) is 0 Å². The van der Waals surface area contributed by atoms with Crippen molar-refractivity contribution in [2.75, 3.05) is 0 Å². The van der Waals surface area contributed by atoms with Gasteiger partial charge >= 0.3 is 0 Å². The average Bonchev–Trinajstić information content (AvgIpc) is 2.91. The van der Waals surface area contributed by atoms with E-state index in [1.165, 1.54) is 5.56 Å². The van der Waals surface area contributed by atoms with Crippen LogP contribution in [0.2, 0.25) is 0 Å². The maximum Gasteiger partial charge on any atom is 0.227 e. The van der Waals surface area contributed by atoms with Gasteiger partial charge in [-0.25, -0.2) is 0 Å². The zero-order valence-electron chi connectivity index (χ0n) is 11.6. The number of rotatable bonds is 4. The molecule has 0 bridgehead atoms. The van der Waals surface area contributed by atoms with E-state index in [1.807, 2.05) is 30.5 Å². The first-order valence-corrected chi connectivity index (χ1v) is 7.16. The molecular weight excluding hydrogens is 262 g/mol. The predicted molar refractivity (Wildman–Crippen MR) is 79.8 cm³/mol. The van der Waals surface area contributed by atoms with Gasteiger partial charge in [0.25, 0.3) is 0 Å². The van der Waals surface area contributed by atoms with E-state index in [0.717, 1.165) is 18.5 Å². The number of nitrogens with one attached hydrogen (secondary N) is 2. The minimum Gasteiger partial charge on any atom is -0.326 e. The van der Waals surface area contributed by atoms with Crippen LogP contribution in [0.1, 0.15) is 24.3 Å². The van der Waals surface area contributed by atoms with Crippen molar-refractivity contribution in [3.05, 3.63) is 59.8 Å². The van der Waals surface area contributed by atoms with Crippen molar-refractivity contribution in [2.45, 2.75) is 24.8 Å². The van der Waals surface area contributed by atoms with Gasteiger partial charge < -0.3 is 10.6 Å². The highest BCUT2D eigenvalue weighted by molar-refractivity contribution is 5.82. The lowest BCUT2D eigenvalue weighted by Gasteiger charge is -2.32. The number of hydrogen-bond acceptors (Lipinski definition) is 3. The second-order valence-corrected chi connectivity index (χ2v) is 5.53. The molecule has 1 unspecified atom stereocenters. The highest BCUT2D eigenvalue weighted by atomic mass is 16.1. The molecule has 0 saturated heterocycles. The Labute approximate surface area is 124 Å². The molecule has 0 heterocycles. The Morgan fingerprint density at radius 3 is 2.71 bits per heavy atom. The third kappa shape index (κ3) is 2.97. The topological polar surface area (TPSA) is 64.9 Å². The first kappa shape index (κ1) is 13.4. The van der Waals surface area contributed by atoms with E-state index >= 15 is 0 Å². The first-order valence-electron chi connectivity index (χ1n) is 7.16. The molecule has 2 aliphatic carbocycles. The summed E-state index contributed by atoms with van der Waals surface area (Å²) in [6.07, 6.45) is 9.50. The molecule has 0 aromatic heterocycles. The van der Waals surface area contributed by atoms with Crippen molar-refractivity contribution < 1.29 is 4.79 Å². The average molecular weight is 279 g/mol. The SMILES string of the molecule is N#CNC1CC(C(=O)NC2=CC(c3ccccc3)C=C2)C1. The van der Waals surface area contributed by atoms with Crippen LogP contribution < -0.4 is 10.6 Å². The minimum absolute atomic E-state index is 0.0147. The summed E-state index contributed by atoms with van der Waals surface area (Å²) in [6.45, 7) is 0. The number of benzene rings is 1. The molecule has 0 spiro atoms. The Hall–Kier alpha value is -2.54. The molecule has 0 aliphatic heterocycles. The van der Waals surface area contributed by atoms with Crippen molar-refractivity contribution in [1.82, 2.24) is 10.6 Å². The number of allylic oxidation sites excluding steroid dienone is 3. The maximum absolute atomic E-state index is 12.1. The van der Waals surface area contributed by atoms with Gasteiger partial charge in [0.1, 0.15) is 0 Å². The molecule has 1 saturated carbocycles. The Bertz CT molecular complexity index is 621. The molecule has 106 valence electrons. The van der Waals surface area contributed by atoms with Crippen LogP contribution in [0, 0.1) is 17.4 Å². The summed E-state index contributed by atoms with van der Waals surface area (Å²) >= 11 is 0. The third-order valence-corrected chi connectivity index (χ3v) is 4.07. The molecule has 3 rings (SSSR count). The summed E-state index contributed by atoms with van der Waals surface area (Å²) in [5, 5.41) is 14.2. The fourth-order valence-electron chi connectivity index (χ4n) is 2.76. The van der Waals surface area contributed by atoms with Crippen molar-refractivity contribution in [3.63, 3.8) is 0 Å². The smallest absolute Gasteiger partial charge is 0.227 e. The summed E-state index contributed by atoms with van der Waals surface area (Å²) in [5.41, 5.74) is 2.09. The second kappa shape index (κ2) is 5.84. The third-order valence-electron chi connectivity index (χ3n) is 4.07. The lowest BCUT2D eigenvalue weighted by molar-refractivity contribution is -0.127. The lowest BCUT2D eigenvalue weighted by Crippen LogP contribution is -2.45. The summed E-state index contributed by atoms with van der Waals surface area (Å²) in [5.74, 6) is 0.299. The van der Waals surface area contributed by atoms with E-state index in [9.17, 15) is 4.79 Å². The van der Waals surface area contributed by atoms with Gasteiger partial charge in [-0.15, -0.1) is 0 Å². The van der Waals surface area contributed by atoms with Crippen LogP contribution in [-0.4, -0.2) is 11.9 Å². The number of amides is 1. The lowest BCUT2D eigenvalue weighted by atomic mass is 9.79. The number of hydrogen-bond donors (Lipinski definition) is 2. The summed E-state index contributed by atoms with van der Waals surface area (Å²) < 4.78 is 0. The van der Waals surface area contributed by atoms with Crippen molar-refractivity contribution in [3.8, 4) is 6.19 Å². The predicted octanol–water partition coefficient (Wildman–Crippen LogP) is 2.19. The molecule has 1 aromatic rings. The van der Waals surface area contributed by atoms with Gasteiger partial charge in [0.05, 0.1) is 0 Å². The molecule has 0 radical (unpaired) electrons. The van der Waals surface area contributed by atoms with Crippen molar-refractivity contribution >= 4 is 5.91 Å². The number of carbonyl (C=O) groups is 1. The maximum atomic E-state index is 12.1. The Morgan fingerprint density at radius 2 is 2.00 bits per heavy atom. The summed E-state index contributed by atoms with van der Waals surface area (Å²) in [4.78, 5) is 12.1. The van der Waals surface area contributed by atoms with E-state index in [0.29, 0.717) is 0 Å². The monoisotopic (exact) mass is 279 g/mol. The van der Waals surface area contributed by atoms with E-state index in [2.05, 4.69) is 34.9 Å². The Morgan fingerprint density at radius 1 is 1.24 bits per heavy atom. The highest BCUT2D eigenvalue weighted by Gasteiger charge is 2.34. The molecule has 4 heteroatoms. The van der Waals surface area contributed by atoms with Crippen molar-refractivity contribution in [1.29, 1.82) is 5.26 Å². The molecule has 1 atom stereocenters. The zero-order valence-corrected chi connectivity index (χ0v) is 11.6. The molecule has 4 nitrogen and oxygen atoms in total. The van der Waals surface area contributed by atoms with Crippen LogP contribution in [0.3, 0.4) is 0 Å². The van der Waals surface area contributed by atoms with Crippen LogP contribution in [0.4, 0.5) is 0 Å².